The van der Waals surface area contributed by atoms with Crippen LogP contribution in [0.5, 0.6) is 0 Å². The molecule has 29 heavy (non-hydrogen) atoms. The number of hydrogen-bond acceptors (Lipinski definition) is 3. The van der Waals surface area contributed by atoms with Crippen LogP contribution in [0, 0.1) is 0 Å². The van der Waals surface area contributed by atoms with E-state index in [1.54, 1.807) is 6.33 Å². The fourth-order valence-corrected chi connectivity index (χ4v) is 3.15. The maximum Gasteiger partial charge on any atom is 0.237 e. The molecule has 1 amide bonds. The van der Waals surface area contributed by atoms with E-state index in [1.807, 2.05) is 29.0 Å². The van der Waals surface area contributed by atoms with Crippen molar-refractivity contribution in [2.24, 2.45) is 5.73 Å². The second-order valence-corrected chi connectivity index (χ2v) is 8.50. The summed E-state index contributed by atoms with van der Waals surface area (Å²) >= 11 is 0. The fraction of sp³-hybridized carbons (Fsp3) is 0.333. The van der Waals surface area contributed by atoms with E-state index in [0.717, 1.165) is 17.8 Å². The Balaban J connectivity index is 1.49. The Morgan fingerprint density at radius 2 is 1.76 bits per heavy atom. The Labute approximate surface area is 173 Å². The Kier molecular flexibility index (Phi) is 6.49. The van der Waals surface area contributed by atoms with Gasteiger partial charge in [-0.3, -0.25) is 4.79 Å². The minimum atomic E-state index is -0.621. The molecule has 0 fully saturated rings. The molecule has 0 aliphatic heterocycles. The predicted octanol–water partition coefficient (Wildman–Crippen LogP) is 3.42. The third-order valence-electron chi connectivity index (χ3n) is 4.95. The van der Waals surface area contributed by atoms with E-state index in [2.05, 4.69) is 67.5 Å². The van der Waals surface area contributed by atoms with Crippen LogP contribution in [0.3, 0.4) is 0 Å². The number of carbonyl (C=O) groups excluding carboxylic acids is 1. The van der Waals surface area contributed by atoms with Crippen LogP contribution in [-0.4, -0.2) is 21.5 Å². The molecule has 2 aromatic carbocycles. The number of nitrogens with one attached hydrogen (secondary N) is 1. The molecule has 1 aromatic heterocycles. The molecule has 0 aliphatic rings. The molecule has 3 aromatic rings. The summed E-state index contributed by atoms with van der Waals surface area (Å²) in [6.07, 6.45) is 4.14. The average molecular weight is 391 g/mol. The van der Waals surface area contributed by atoms with Gasteiger partial charge in [-0.25, -0.2) is 4.98 Å². The van der Waals surface area contributed by atoms with Gasteiger partial charge in [0.05, 0.1) is 18.1 Å². The van der Waals surface area contributed by atoms with E-state index in [-0.39, 0.29) is 11.3 Å². The van der Waals surface area contributed by atoms with Gasteiger partial charge in [-0.05, 0) is 22.1 Å². The first-order valence-electron chi connectivity index (χ1n) is 9.98. The maximum absolute atomic E-state index is 12.4. The van der Waals surface area contributed by atoms with Gasteiger partial charge < -0.3 is 15.6 Å². The first-order chi connectivity index (χ1) is 13.8. The molecule has 1 heterocycles. The molecule has 0 bridgehead atoms. The molecule has 5 heteroatoms. The SMILES string of the molecule is CC(C)(C)c1ccc(CNC(=O)[C@@H](N)Cc2cn(Cc3ccccc3)cn2)cc1. The lowest BCUT2D eigenvalue weighted by Gasteiger charge is -2.19. The van der Waals surface area contributed by atoms with Crippen molar-refractivity contribution in [3.63, 3.8) is 0 Å². The van der Waals surface area contributed by atoms with Crippen molar-refractivity contribution in [3.8, 4) is 0 Å². The molecule has 3 N–H and O–H groups in total. The van der Waals surface area contributed by atoms with Crippen molar-refractivity contribution in [3.05, 3.63) is 89.5 Å². The van der Waals surface area contributed by atoms with Gasteiger partial charge in [0.15, 0.2) is 0 Å². The van der Waals surface area contributed by atoms with Crippen LogP contribution in [0.1, 0.15) is 43.2 Å². The molecule has 3 rings (SSSR count). The second-order valence-electron chi connectivity index (χ2n) is 8.50. The van der Waals surface area contributed by atoms with Gasteiger partial charge in [-0.15, -0.1) is 0 Å². The predicted molar refractivity (Wildman–Crippen MR) is 116 cm³/mol. The highest BCUT2D eigenvalue weighted by Crippen LogP contribution is 2.22. The van der Waals surface area contributed by atoms with Crippen molar-refractivity contribution in [1.29, 1.82) is 0 Å². The van der Waals surface area contributed by atoms with Crippen LogP contribution in [0.25, 0.3) is 0 Å². The molecular weight excluding hydrogens is 360 g/mol. The number of nitrogens with zero attached hydrogens (tertiary/aromatic N) is 2. The van der Waals surface area contributed by atoms with Gasteiger partial charge >= 0.3 is 0 Å². The summed E-state index contributed by atoms with van der Waals surface area (Å²) in [5.74, 6) is -0.164. The van der Waals surface area contributed by atoms with Crippen molar-refractivity contribution in [1.82, 2.24) is 14.9 Å². The summed E-state index contributed by atoms with van der Waals surface area (Å²) in [7, 11) is 0. The molecule has 5 nitrogen and oxygen atoms in total. The number of carbonyl (C=O) groups is 1. The first kappa shape index (κ1) is 20.8. The zero-order chi connectivity index (χ0) is 20.9. The van der Waals surface area contributed by atoms with E-state index < -0.39 is 6.04 Å². The van der Waals surface area contributed by atoms with Crippen molar-refractivity contribution >= 4 is 5.91 Å². The van der Waals surface area contributed by atoms with Crippen LogP contribution in [0.15, 0.2) is 67.1 Å². The summed E-state index contributed by atoms with van der Waals surface area (Å²) < 4.78 is 2.01. The number of aromatic nitrogens is 2. The summed E-state index contributed by atoms with van der Waals surface area (Å²) in [6.45, 7) is 7.77. The van der Waals surface area contributed by atoms with Crippen LogP contribution >= 0.6 is 0 Å². The van der Waals surface area contributed by atoms with Gasteiger partial charge in [-0.1, -0.05) is 75.4 Å². The first-order valence-corrected chi connectivity index (χ1v) is 9.98. The minimum absolute atomic E-state index is 0.119. The number of nitrogens with two attached hydrogens (primary N) is 1. The van der Waals surface area contributed by atoms with Crippen molar-refractivity contribution < 1.29 is 4.79 Å². The quantitative estimate of drug-likeness (QED) is 0.649. The fourth-order valence-electron chi connectivity index (χ4n) is 3.15. The highest BCUT2D eigenvalue weighted by Gasteiger charge is 2.16. The monoisotopic (exact) mass is 390 g/mol. The highest BCUT2D eigenvalue weighted by molar-refractivity contribution is 5.81. The Bertz CT molecular complexity index is 924. The molecule has 0 saturated heterocycles. The van der Waals surface area contributed by atoms with E-state index in [1.165, 1.54) is 11.1 Å². The van der Waals surface area contributed by atoms with Gasteiger partial charge in [0.25, 0.3) is 0 Å². The third-order valence-corrected chi connectivity index (χ3v) is 4.95. The highest BCUT2D eigenvalue weighted by atomic mass is 16.2. The number of amides is 1. The molecule has 0 radical (unpaired) electrons. The van der Waals surface area contributed by atoms with Gasteiger partial charge in [0, 0.05) is 25.7 Å². The van der Waals surface area contributed by atoms with Gasteiger partial charge in [-0.2, -0.15) is 0 Å². The number of benzene rings is 2. The topological polar surface area (TPSA) is 72.9 Å². The Hall–Kier alpha value is -2.92. The Morgan fingerprint density at radius 1 is 1.07 bits per heavy atom. The van der Waals surface area contributed by atoms with Crippen molar-refractivity contribution in [2.75, 3.05) is 0 Å². The third kappa shape index (κ3) is 6.03. The normalized spacial score (nSPS) is 12.6. The summed E-state index contributed by atoms with van der Waals surface area (Å²) in [5.41, 5.74) is 10.6. The summed E-state index contributed by atoms with van der Waals surface area (Å²) in [5, 5.41) is 2.93. The maximum atomic E-state index is 12.4. The van der Waals surface area contributed by atoms with Gasteiger partial charge in [0.1, 0.15) is 0 Å². The lowest BCUT2D eigenvalue weighted by molar-refractivity contribution is -0.122. The molecule has 0 spiro atoms. The van der Waals surface area contributed by atoms with Crippen LogP contribution < -0.4 is 11.1 Å². The number of imidazole rings is 1. The van der Waals surface area contributed by atoms with Gasteiger partial charge in [0.2, 0.25) is 5.91 Å². The second kappa shape index (κ2) is 9.05. The van der Waals surface area contributed by atoms with E-state index in [0.29, 0.717) is 13.0 Å². The van der Waals surface area contributed by atoms with Crippen molar-refractivity contribution in [2.45, 2.75) is 51.7 Å². The van der Waals surface area contributed by atoms with E-state index in [9.17, 15) is 4.79 Å². The molecule has 0 saturated carbocycles. The van der Waals surface area contributed by atoms with E-state index in [4.69, 9.17) is 5.73 Å². The zero-order valence-corrected chi connectivity index (χ0v) is 17.4. The molecule has 152 valence electrons. The zero-order valence-electron chi connectivity index (χ0n) is 17.4. The van der Waals surface area contributed by atoms with Crippen LogP contribution in [0.4, 0.5) is 0 Å². The standard InChI is InChI=1S/C24H30N4O/c1-24(2,3)20-11-9-18(10-12-20)14-26-23(29)22(25)13-21-16-28(17-27-21)15-19-7-5-4-6-8-19/h4-12,16-17,22H,13-15,25H2,1-3H3,(H,26,29)/t22-/m0/s1. The average Bonchev–Trinajstić information content (AvgIpc) is 3.13. The largest absolute Gasteiger partial charge is 0.351 e. The van der Waals surface area contributed by atoms with Crippen LogP contribution in [-0.2, 0) is 29.7 Å². The lowest BCUT2D eigenvalue weighted by atomic mass is 9.87. The van der Waals surface area contributed by atoms with E-state index >= 15 is 0 Å². The summed E-state index contributed by atoms with van der Waals surface area (Å²) in [4.78, 5) is 16.8. The number of hydrogen-bond donors (Lipinski definition) is 2. The smallest absolute Gasteiger partial charge is 0.237 e. The Morgan fingerprint density at radius 3 is 2.41 bits per heavy atom. The molecular formula is C24H30N4O. The lowest BCUT2D eigenvalue weighted by Crippen LogP contribution is -2.41. The molecule has 0 unspecified atom stereocenters. The molecule has 0 aliphatic carbocycles. The summed E-state index contributed by atoms with van der Waals surface area (Å²) in [6, 6.07) is 17.9. The van der Waals surface area contributed by atoms with Crippen LogP contribution in [0.2, 0.25) is 0 Å². The minimum Gasteiger partial charge on any atom is -0.351 e. The molecule has 1 atom stereocenters. The number of rotatable bonds is 7.